The third-order valence-electron chi connectivity index (χ3n) is 7.16. The largest absolute Gasteiger partial charge is 0.337 e. The van der Waals surface area contributed by atoms with E-state index < -0.39 is 16.1 Å². The van der Waals surface area contributed by atoms with Crippen molar-refractivity contribution in [1.82, 2.24) is 19.6 Å². The molecule has 1 heterocycles. The SMILES string of the molecule is CCc1nc(C(C)CSC)cn1Cc1ccc(-c2ccccc2S(=O)(=O)NC(=O)NCC2CCCC2)cc1. The first-order valence-electron chi connectivity index (χ1n) is 13.3. The van der Waals surface area contributed by atoms with Gasteiger partial charge in [0.15, 0.2) is 0 Å². The molecule has 2 N–H and O–H groups in total. The maximum absolute atomic E-state index is 13.1. The average Bonchev–Trinajstić information content (AvgIpc) is 3.58. The molecule has 0 bridgehead atoms. The molecule has 1 aliphatic carbocycles. The number of amides is 2. The van der Waals surface area contributed by atoms with Gasteiger partial charge in [-0.2, -0.15) is 11.8 Å². The van der Waals surface area contributed by atoms with Crippen LogP contribution in [0.4, 0.5) is 4.79 Å². The third-order valence-corrected chi connectivity index (χ3v) is 9.39. The van der Waals surface area contributed by atoms with Crippen molar-refractivity contribution in [1.29, 1.82) is 0 Å². The third kappa shape index (κ3) is 6.99. The number of sulfonamides is 1. The summed E-state index contributed by atoms with van der Waals surface area (Å²) in [6.45, 7) is 5.52. The molecule has 7 nitrogen and oxygen atoms in total. The number of imidazole rings is 1. The molecule has 1 atom stereocenters. The zero-order valence-corrected chi connectivity index (χ0v) is 24.1. The highest BCUT2D eigenvalue weighted by molar-refractivity contribution is 7.98. The molecule has 1 aliphatic rings. The number of thioether (sulfide) groups is 1. The van der Waals surface area contributed by atoms with Gasteiger partial charge < -0.3 is 9.88 Å². The van der Waals surface area contributed by atoms with Crippen LogP contribution >= 0.6 is 11.8 Å². The molecule has 1 unspecified atom stereocenters. The molecule has 1 fully saturated rings. The van der Waals surface area contributed by atoms with Crippen molar-refractivity contribution in [2.75, 3.05) is 18.6 Å². The molecule has 3 aromatic rings. The van der Waals surface area contributed by atoms with Gasteiger partial charge in [0, 0.05) is 42.9 Å². The minimum Gasteiger partial charge on any atom is -0.337 e. The summed E-state index contributed by atoms with van der Waals surface area (Å²) in [6.07, 6.45) is 9.60. The fraction of sp³-hybridized carbons (Fsp3) is 0.448. The van der Waals surface area contributed by atoms with Gasteiger partial charge in [-0.25, -0.2) is 22.9 Å². The van der Waals surface area contributed by atoms with Crippen molar-refractivity contribution < 1.29 is 13.2 Å². The van der Waals surface area contributed by atoms with Crippen LogP contribution in [0.5, 0.6) is 0 Å². The van der Waals surface area contributed by atoms with Crippen LogP contribution in [0.1, 0.15) is 62.5 Å². The zero-order valence-electron chi connectivity index (χ0n) is 22.4. The number of nitrogens with zero attached hydrogens (tertiary/aromatic N) is 2. The number of hydrogen-bond donors (Lipinski definition) is 2. The average molecular weight is 555 g/mol. The van der Waals surface area contributed by atoms with Gasteiger partial charge in [0.2, 0.25) is 0 Å². The highest BCUT2D eigenvalue weighted by Crippen LogP contribution is 2.28. The summed E-state index contributed by atoms with van der Waals surface area (Å²) in [6, 6.07) is 14.0. The fourth-order valence-corrected chi connectivity index (χ4v) is 6.89. The molecular weight excluding hydrogens is 516 g/mol. The maximum atomic E-state index is 13.1. The predicted molar refractivity (Wildman–Crippen MR) is 155 cm³/mol. The monoisotopic (exact) mass is 554 g/mol. The van der Waals surface area contributed by atoms with E-state index in [0.29, 0.717) is 30.5 Å². The van der Waals surface area contributed by atoms with Crippen LogP contribution in [-0.2, 0) is 23.0 Å². The number of aromatic nitrogens is 2. The van der Waals surface area contributed by atoms with Crippen molar-refractivity contribution in [3.63, 3.8) is 0 Å². The summed E-state index contributed by atoms with van der Waals surface area (Å²) < 4.78 is 30.7. The maximum Gasteiger partial charge on any atom is 0.328 e. The molecule has 0 saturated heterocycles. The van der Waals surface area contributed by atoms with E-state index in [9.17, 15) is 13.2 Å². The summed E-state index contributed by atoms with van der Waals surface area (Å²) in [5.41, 5.74) is 3.55. The highest BCUT2D eigenvalue weighted by Gasteiger charge is 2.23. The molecule has 204 valence electrons. The minimum atomic E-state index is -4.04. The van der Waals surface area contributed by atoms with Gasteiger partial charge in [-0.05, 0) is 42.2 Å². The van der Waals surface area contributed by atoms with Crippen molar-refractivity contribution in [3.8, 4) is 11.1 Å². The Balaban J connectivity index is 1.48. The lowest BCUT2D eigenvalue weighted by atomic mass is 10.0. The minimum absolute atomic E-state index is 0.0825. The van der Waals surface area contributed by atoms with Crippen LogP contribution in [0.15, 0.2) is 59.6 Å². The Labute approximate surface area is 230 Å². The Hall–Kier alpha value is -2.78. The van der Waals surface area contributed by atoms with Gasteiger partial charge in [0.05, 0.1) is 10.6 Å². The lowest BCUT2D eigenvalue weighted by molar-refractivity contribution is 0.244. The molecule has 1 aromatic heterocycles. The van der Waals surface area contributed by atoms with Gasteiger partial charge in [0.1, 0.15) is 5.82 Å². The van der Waals surface area contributed by atoms with Gasteiger partial charge in [0.25, 0.3) is 10.0 Å². The number of hydrogen-bond acceptors (Lipinski definition) is 5. The van der Waals surface area contributed by atoms with Gasteiger partial charge in [-0.3, -0.25) is 0 Å². The second-order valence-electron chi connectivity index (χ2n) is 10.1. The van der Waals surface area contributed by atoms with E-state index in [2.05, 4.69) is 40.9 Å². The van der Waals surface area contributed by atoms with E-state index in [1.54, 1.807) is 18.2 Å². The molecule has 38 heavy (non-hydrogen) atoms. The molecular formula is C29H38N4O3S2. The van der Waals surface area contributed by atoms with Crippen LogP contribution in [0, 0.1) is 5.92 Å². The first-order valence-corrected chi connectivity index (χ1v) is 16.2. The number of benzene rings is 2. The molecule has 9 heteroatoms. The van der Waals surface area contributed by atoms with E-state index in [4.69, 9.17) is 4.98 Å². The Morgan fingerprint density at radius 2 is 1.84 bits per heavy atom. The van der Waals surface area contributed by atoms with E-state index >= 15 is 0 Å². The normalized spacial score (nSPS) is 14.9. The Morgan fingerprint density at radius 1 is 1.13 bits per heavy atom. The summed E-state index contributed by atoms with van der Waals surface area (Å²) in [5.74, 6) is 2.92. The van der Waals surface area contributed by atoms with Crippen LogP contribution in [0.3, 0.4) is 0 Å². The second kappa shape index (κ2) is 12.8. The number of rotatable bonds is 11. The lowest BCUT2D eigenvalue weighted by Crippen LogP contribution is -2.41. The predicted octanol–water partition coefficient (Wildman–Crippen LogP) is 5.81. The van der Waals surface area contributed by atoms with E-state index in [1.807, 2.05) is 36.0 Å². The van der Waals surface area contributed by atoms with Crippen LogP contribution in [0.25, 0.3) is 11.1 Å². The van der Waals surface area contributed by atoms with E-state index in [-0.39, 0.29) is 4.90 Å². The van der Waals surface area contributed by atoms with E-state index in [1.165, 1.54) is 18.9 Å². The number of carbonyl (C=O) groups is 1. The van der Waals surface area contributed by atoms with Crippen molar-refractivity contribution in [2.24, 2.45) is 5.92 Å². The molecule has 2 aromatic carbocycles. The van der Waals surface area contributed by atoms with Crippen molar-refractivity contribution in [2.45, 2.75) is 63.3 Å². The summed E-state index contributed by atoms with van der Waals surface area (Å²) in [7, 11) is -4.04. The Morgan fingerprint density at radius 3 is 2.53 bits per heavy atom. The summed E-state index contributed by atoms with van der Waals surface area (Å²) >= 11 is 1.83. The lowest BCUT2D eigenvalue weighted by Gasteiger charge is -2.14. The van der Waals surface area contributed by atoms with Crippen LogP contribution < -0.4 is 10.0 Å². The molecule has 0 radical (unpaired) electrons. The van der Waals surface area contributed by atoms with E-state index in [0.717, 1.165) is 47.7 Å². The first kappa shape index (κ1) is 28.2. The van der Waals surface area contributed by atoms with Gasteiger partial charge >= 0.3 is 6.03 Å². The number of aryl methyl sites for hydroxylation is 1. The second-order valence-corrected chi connectivity index (χ2v) is 12.6. The highest BCUT2D eigenvalue weighted by atomic mass is 32.2. The van der Waals surface area contributed by atoms with Crippen molar-refractivity contribution in [3.05, 3.63) is 71.8 Å². The zero-order chi connectivity index (χ0) is 27.1. The quantitative estimate of drug-likeness (QED) is 0.312. The van der Waals surface area contributed by atoms with Gasteiger partial charge in [-0.15, -0.1) is 0 Å². The summed E-state index contributed by atoms with van der Waals surface area (Å²) in [4.78, 5) is 17.3. The van der Waals surface area contributed by atoms with Crippen LogP contribution in [-0.4, -0.2) is 42.6 Å². The first-order chi connectivity index (χ1) is 18.3. The molecule has 4 rings (SSSR count). The number of nitrogens with one attached hydrogen (secondary N) is 2. The van der Waals surface area contributed by atoms with Crippen LogP contribution in [0.2, 0.25) is 0 Å². The molecule has 0 aliphatic heterocycles. The fourth-order valence-electron chi connectivity index (χ4n) is 5.06. The molecule has 2 amide bonds. The number of carbonyl (C=O) groups excluding carboxylic acids is 1. The molecule has 1 saturated carbocycles. The summed E-state index contributed by atoms with van der Waals surface area (Å²) in [5, 5.41) is 2.73. The Bertz CT molecular complexity index is 1330. The number of urea groups is 1. The molecule has 0 spiro atoms. The Kier molecular flexibility index (Phi) is 9.54. The van der Waals surface area contributed by atoms with Gasteiger partial charge in [-0.1, -0.05) is 69.2 Å². The standard InChI is InChI=1S/C29H38N4O3S2/c1-4-28-31-26(21(2)20-37-3)19-33(28)18-23-13-15-24(16-14-23)25-11-7-8-12-27(25)38(35,36)32-29(34)30-17-22-9-5-6-10-22/h7-8,11-16,19,21-22H,4-6,9-10,17-18,20H2,1-3H3,(H2,30,32,34). The smallest absolute Gasteiger partial charge is 0.328 e. The van der Waals surface area contributed by atoms with Crippen molar-refractivity contribution >= 4 is 27.8 Å². The topological polar surface area (TPSA) is 93.1 Å².